The predicted octanol–water partition coefficient (Wildman–Crippen LogP) is 2.27. The predicted molar refractivity (Wildman–Crippen MR) is 74.5 cm³/mol. The van der Waals surface area contributed by atoms with Gasteiger partial charge in [0, 0.05) is 19.2 Å². The Kier molecular flexibility index (Phi) is 5.79. The van der Waals surface area contributed by atoms with Crippen LogP contribution in [0, 0.1) is 5.92 Å². The molecule has 1 aromatic rings. The number of likely N-dealkylation sites (N-methyl/N-ethyl adjacent to an activating group) is 1. The summed E-state index contributed by atoms with van der Waals surface area (Å²) < 4.78 is 0. The lowest BCUT2D eigenvalue weighted by atomic mass is 10.1. The molecule has 0 saturated carbocycles. The number of nitrogens with zero attached hydrogens (tertiary/aromatic N) is 1. The number of benzene rings is 1. The van der Waals surface area contributed by atoms with Crippen molar-refractivity contribution in [2.75, 3.05) is 13.1 Å². The van der Waals surface area contributed by atoms with Crippen LogP contribution in [-0.4, -0.2) is 35.0 Å². The van der Waals surface area contributed by atoms with Gasteiger partial charge in [-0.25, -0.2) is 0 Å². The number of hydrogen-bond acceptors (Lipinski definition) is 2. The highest BCUT2D eigenvalue weighted by atomic mass is 16.4. The second-order valence-electron chi connectivity index (χ2n) is 4.36. The van der Waals surface area contributed by atoms with E-state index < -0.39 is 11.9 Å². The quantitative estimate of drug-likeness (QED) is 0.799. The van der Waals surface area contributed by atoms with Crippen molar-refractivity contribution in [2.24, 2.45) is 5.92 Å². The number of amides is 1. The van der Waals surface area contributed by atoms with Crippen LogP contribution in [-0.2, 0) is 9.59 Å². The van der Waals surface area contributed by atoms with E-state index in [2.05, 4.69) is 0 Å². The molecule has 4 nitrogen and oxygen atoms in total. The molecule has 1 atom stereocenters. The maximum Gasteiger partial charge on any atom is 0.308 e. The smallest absolute Gasteiger partial charge is 0.308 e. The SMILES string of the molecule is CCN(CC(C)C(=O)O)C(=O)C=Cc1ccccc1. The van der Waals surface area contributed by atoms with Crippen molar-refractivity contribution < 1.29 is 14.7 Å². The molecule has 0 fully saturated rings. The number of carboxylic acid groups (broad SMARTS) is 1. The molecular weight excluding hydrogens is 242 g/mol. The van der Waals surface area contributed by atoms with Crippen LogP contribution in [0.2, 0.25) is 0 Å². The van der Waals surface area contributed by atoms with E-state index in [9.17, 15) is 9.59 Å². The van der Waals surface area contributed by atoms with E-state index in [-0.39, 0.29) is 12.5 Å². The molecule has 0 aliphatic heterocycles. The van der Waals surface area contributed by atoms with Gasteiger partial charge in [-0.1, -0.05) is 37.3 Å². The average Bonchev–Trinajstić information content (AvgIpc) is 2.42. The normalized spacial score (nSPS) is 12.3. The first-order chi connectivity index (χ1) is 9.04. The van der Waals surface area contributed by atoms with Gasteiger partial charge >= 0.3 is 5.97 Å². The van der Waals surface area contributed by atoms with Crippen molar-refractivity contribution in [3.05, 3.63) is 42.0 Å². The molecule has 0 bridgehead atoms. The first-order valence-electron chi connectivity index (χ1n) is 6.29. The zero-order chi connectivity index (χ0) is 14.3. The van der Waals surface area contributed by atoms with Crippen molar-refractivity contribution in [1.29, 1.82) is 0 Å². The summed E-state index contributed by atoms with van der Waals surface area (Å²) in [6.07, 6.45) is 3.21. The van der Waals surface area contributed by atoms with Gasteiger partial charge < -0.3 is 10.0 Å². The van der Waals surface area contributed by atoms with Gasteiger partial charge in [-0.05, 0) is 18.6 Å². The number of carbonyl (C=O) groups excluding carboxylic acids is 1. The van der Waals surface area contributed by atoms with Gasteiger partial charge in [0.2, 0.25) is 5.91 Å². The van der Waals surface area contributed by atoms with Crippen LogP contribution in [0.15, 0.2) is 36.4 Å². The minimum absolute atomic E-state index is 0.167. The number of carboxylic acids is 1. The van der Waals surface area contributed by atoms with Gasteiger partial charge in [-0.2, -0.15) is 0 Å². The van der Waals surface area contributed by atoms with Crippen LogP contribution in [0.3, 0.4) is 0 Å². The molecule has 1 rings (SSSR count). The number of hydrogen-bond donors (Lipinski definition) is 1. The van der Waals surface area contributed by atoms with Gasteiger partial charge in [0.25, 0.3) is 0 Å². The van der Waals surface area contributed by atoms with Crippen molar-refractivity contribution in [2.45, 2.75) is 13.8 Å². The molecule has 102 valence electrons. The van der Waals surface area contributed by atoms with Crippen LogP contribution in [0.4, 0.5) is 0 Å². The Bertz CT molecular complexity index is 454. The molecule has 1 unspecified atom stereocenters. The Balaban J connectivity index is 2.64. The Hall–Kier alpha value is -2.10. The third-order valence-corrected chi connectivity index (χ3v) is 2.83. The fraction of sp³-hybridized carbons (Fsp3) is 0.333. The van der Waals surface area contributed by atoms with Crippen LogP contribution in [0.25, 0.3) is 6.08 Å². The lowest BCUT2D eigenvalue weighted by Gasteiger charge is -2.21. The fourth-order valence-electron chi connectivity index (χ4n) is 1.62. The van der Waals surface area contributed by atoms with Crippen LogP contribution in [0.5, 0.6) is 0 Å². The molecule has 19 heavy (non-hydrogen) atoms. The topological polar surface area (TPSA) is 57.6 Å². The molecular formula is C15H19NO3. The highest BCUT2D eigenvalue weighted by molar-refractivity contribution is 5.92. The van der Waals surface area contributed by atoms with Crippen molar-refractivity contribution in [1.82, 2.24) is 4.90 Å². The average molecular weight is 261 g/mol. The van der Waals surface area contributed by atoms with E-state index in [0.29, 0.717) is 6.54 Å². The molecule has 1 aromatic carbocycles. The largest absolute Gasteiger partial charge is 0.481 e. The summed E-state index contributed by atoms with van der Waals surface area (Å²) in [6.45, 7) is 4.15. The Morgan fingerprint density at radius 2 is 1.95 bits per heavy atom. The summed E-state index contributed by atoms with van der Waals surface area (Å²) in [7, 11) is 0. The highest BCUT2D eigenvalue weighted by Crippen LogP contribution is 2.04. The third kappa shape index (κ3) is 4.95. The number of aliphatic carboxylic acids is 1. The van der Waals surface area contributed by atoms with Gasteiger partial charge in [0.1, 0.15) is 0 Å². The summed E-state index contributed by atoms with van der Waals surface area (Å²) in [4.78, 5) is 24.3. The summed E-state index contributed by atoms with van der Waals surface area (Å²) >= 11 is 0. The molecule has 0 aromatic heterocycles. The Morgan fingerprint density at radius 3 is 2.47 bits per heavy atom. The summed E-state index contributed by atoms with van der Waals surface area (Å²) in [6, 6.07) is 9.51. The van der Waals surface area contributed by atoms with E-state index in [4.69, 9.17) is 5.11 Å². The standard InChI is InChI=1S/C15H19NO3/c1-3-16(11-12(2)15(18)19)14(17)10-9-13-7-5-4-6-8-13/h4-10,12H,3,11H2,1-2H3,(H,18,19). The van der Waals surface area contributed by atoms with Gasteiger partial charge in [-0.3, -0.25) is 9.59 Å². The third-order valence-electron chi connectivity index (χ3n) is 2.83. The molecule has 0 aliphatic rings. The first kappa shape index (κ1) is 15.0. The molecule has 4 heteroatoms. The molecule has 0 saturated heterocycles. The van der Waals surface area contributed by atoms with Crippen molar-refractivity contribution >= 4 is 18.0 Å². The molecule has 0 aliphatic carbocycles. The number of carbonyl (C=O) groups is 2. The maximum absolute atomic E-state index is 12.0. The van der Waals surface area contributed by atoms with Crippen LogP contribution < -0.4 is 0 Å². The zero-order valence-corrected chi connectivity index (χ0v) is 11.2. The second kappa shape index (κ2) is 7.36. The Labute approximate surface area is 113 Å². The second-order valence-corrected chi connectivity index (χ2v) is 4.36. The van der Waals surface area contributed by atoms with Gasteiger partial charge in [-0.15, -0.1) is 0 Å². The van der Waals surface area contributed by atoms with E-state index in [1.807, 2.05) is 37.3 Å². The molecule has 0 spiro atoms. The summed E-state index contributed by atoms with van der Waals surface area (Å²) in [5, 5.41) is 8.86. The highest BCUT2D eigenvalue weighted by Gasteiger charge is 2.17. The van der Waals surface area contributed by atoms with Crippen molar-refractivity contribution in [3.8, 4) is 0 Å². The van der Waals surface area contributed by atoms with E-state index in [0.717, 1.165) is 5.56 Å². The minimum atomic E-state index is -0.890. The van der Waals surface area contributed by atoms with Crippen molar-refractivity contribution in [3.63, 3.8) is 0 Å². The number of rotatable bonds is 6. The van der Waals surface area contributed by atoms with Crippen LogP contribution in [0.1, 0.15) is 19.4 Å². The Morgan fingerprint density at radius 1 is 1.32 bits per heavy atom. The first-order valence-corrected chi connectivity index (χ1v) is 6.29. The van der Waals surface area contributed by atoms with E-state index >= 15 is 0 Å². The van der Waals surface area contributed by atoms with E-state index in [1.54, 1.807) is 13.0 Å². The molecule has 1 amide bonds. The van der Waals surface area contributed by atoms with Gasteiger partial charge in [0.05, 0.1) is 5.92 Å². The summed E-state index contributed by atoms with van der Waals surface area (Å²) in [5.41, 5.74) is 0.943. The lowest BCUT2D eigenvalue weighted by molar-refractivity contribution is -0.142. The monoisotopic (exact) mass is 261 g/mol. The molecule has 0 heterocycles. The van der Waals surface area contributed by atoms with Crippen LogP contribution >= 0.6 is 0 Å². The zero-order valence-electron chi connectivity index (χ0n) is 11.2. The maximum atomic E-state index is 12.0. The fourth-order valence-corrected chi connectivity index (χ4v) is 1.62. The lowest BCUT2D eigenvalue weighted by Crippen LogP contribution is -2.35. The van der Waals surface area contributed by atoms with E-state index in [1.165, 1.54) is 11.0 Å². The molecule has 1 N–H and O–H groups in total. The summed E-state index contributed by atoms with van der Waals surface area (Å²) in [5.74, 6) is -1.62. The minimum Gasteiger partial charge on any atom is -0.481 e. The molecule has 0 radical (unpaired) electrons. The van der Waals surface area contributed by atoms with Gasteiger partial charge in [0.15, 0.2) is 0 Å².